The Morgan fingerprint density at radius 1 is 0.844 bits per heavy atom. The van der Waals surface area contributed by atoms with Gasteiger partial charge in [-0.05, 0) is 53.1 Å². The number of amides is 1. The maximum Gasteiger partial charge on any atom is 0.472 e. The molecule has 1 aliphatic rings. The van der Waals surface area contributed by atoms with Crippen LogP contribution < -0.4 is 19.5 Å². The largest absolute Gasteiger partial charge is 0.497 e. The van der Waals surface area contributed by atoms with Crippen LogP contribution in [0.1, 0.15) is 50.1 Å². The number of para-hydroxylation sites is 1. The number of fused-ring (bicyclic) bond motifs is 1. The number of aromatic nitrogens is 4. The average Bonchev–Trinajstić information content (AvgIpc) is 3.92. The maximum atomic E-state index is 13.6. The first-order valence-electron chi connectivity index (χ1n) is 20.4. The lowest BCUT2D eigenvalue weighted by Gasteiger charge is -2.37. The molecule has 6 aromatic rings. The summed E-state index contributed by atoms with van der Waals surface area (Å²) in [5.41, 5.74) is 1.06. The van der Waals surface area contributed by atoms with Gasteiger partial charge in [-0.3, -0.25) is 23.2 Å². The minimum atomic E-state index is -4.74. The van der Waals surface area contributed by atoms with E-state index >= 15 is 0 Å². The van der Waals surface area contributed by atoms with E-state index in [2.05, 4.69) is 20.3 Å². The van der Waals surface area contributed by atoms with E-state index < -0.39 is 43.2 Å². The lowest BCUT2D eigenvalue weighted by atomic mass is 9.80. The van der Waals surface area contributed by atoms with Crippen molar-refractivity contribution in [1.82, 2.24) is 19.5 Å². The zero-order chi connectivity index (χ0) is 45.3. The summed E-state index contributed by atoms with van der Waals surface area (Å²) in [5, 5.41) is 2.66. The number of rotatable bonds is 19. The summed E-state index contributed by atoms with van der Waals surface area (Å²) in [6.07, 6.45) is -0.0884. The number of carbonyl (C=O) groups is 2. The van der Waals surface area contributed by atoms with E-state index in [1.807, 2.05) is 84.9 Å². The predicted molar refractivity (Wildman–Crippen MR) is 240 cm³/mol. The molecule has 0 radical (unpaired) electrons. The Labute approximate surface area is 375 Å². The Morgan fingerprint density at radius 2 is 1.45 bits per heavy atom. The van der Waals surface area contributed by atoms with Gasteiger partial charge >= 0.3 is 7.82 Å². The fourth-order valence-electron chi connectivity index (χ4n) is 7.11. The van der Waals surface area contributed by atoms with Gasteiger partial charge in [0.1, 0.15) is 47.6 Å². The van der Waals surface area contributed by atoms with E-state index in [1.165, 1.54) is 12.7 Å². The molecule has 0 spiro atoms. The van der Waals surface area contributed by atoms with Crippen LogP contribution in [-0.4, -0.2) is 87.4 Å². The van der Waals surface area contributed by atoms with Crippen molar-refractivity contribution in [2.24, 2.45) is 5.41 Å². The highest BCUT2D eigenvalue weighted by Crippen LogP contribution is 2.50. The first kappa shape index (κ1) is 46.3. The third-order valence-electron chi connectivity index (χ3n) is 10.3. The highest BCUT2D eigenvalue weighted by atomic mass is 32.2. The zero-order valence-electron chi connectivity index (χ0n) is 36.0. The van der Waals surface area contributed by atoms with Crippen LogP contribution in [-0.2, 0) is 38.3 Å². The predicted octanol–water partition coefficient (Wildman–Crippen LogP) is 7.97. The number of thioether (sulfide) groups is 1. The number of imidazole rings is 1. The van der Waals surface area contributed by atoms with Crippen molar-refractivity contribution in [3.63, 3.8) is 0 Å². The van der Waals surface area contributed by atoms with Gasteiger partial charge in [-0.2, -0.15) is 0 Å². The molecule has 4 atom stereocenters. The number of hydrogen-bond acceptors (Lipinski definition) is 14. The third-order valence-corrected chi connectivity index (χ3v) is 12.6. The molecule has 1 aliphatic heterocycles. The molecule has 3 heterocycles. The number of methoxy groups -OCH3 is 2. The maximum absolute atomic E-state index is 13.6. The van der Waals surface area contributed by atoms with Gasteiger partial charge in [-0.15, -0.1) is 0 Å². The van der Waals surface area contributed by atoms with Crippen LogP contribution >= 0.6 is 19.6 Å². The van der Waals surface area contributed by atoms with Crippen molar-refractivity contribution < 1.29 is 51.8 Å². The minimum Gasteiger partial charge on any atom is -0.497 e. The van der Waals surface area contributed by atoms with Crippen molar-refractivity contribution in [2.45, 2.75) is 51.2 Å². The first-order chi connectivity index (χ1) is 30.8. The molecule has 16 nitrogen and oxygen atoms in total. The molecular formula is C46H50N5O11PS. The van der Waals surface area contributed by atoms with Crippen LogP contribution in [0.5, 0.6) is 17.2 Å². The van der Waals surface area contributed by atoms with E-state index in [9.17, 15) is 19.0 Å². The summed E-state index contributed by atoms with van der Waals surface area (Å²) >= 11 is 1.01. The molecule has 4 aromatic carbocycles. The molecule has 64 heavy (non-hydrogen) atoms. The van der Waals surface area contributed by atoms with E-state index in [0.29, 0.717) is 22.9 Å². The van der Waals surface area contributed by atoms with Crippen molar-refractivity contribution in [1.29, 1.82) is 0 Å². The lowest BCUT2D eigenvalue weighted by molar-refractivity contribution is -0.118. The first-order valence-corrected chi connectivity index (χ1v) is 22.9. The highest BCUT2D eigenvalue weighted by molar-refractivity contribution is 8.13. The fourth-order valence-corrected chi connectivity index (χ4v) is 8.96. The van der Waals surface area contributed by atoms with Gasteiger partial charge in [0.15, 0.2) is 28.7 Å². The molecule has 0 aliphatic carbocycles. The van der Waals surface area contributed by atoms with Gasteiger partial charge in [-0.25, -0.2) is 19.5 Å². The van der Waals surface area contributed by atoms with E-state index in [1.54, 1.807) is 63.8 Å². The molecule has 2 unspecified atom stereocenters. The third kappa shape index (κ3) is 11.0. The Kier molecular flexibility index (Phi) is 14.8. The number of phosphoric ester groups is 1. The fraction of sp³-hybridized carbons (Fsp3) is 0.326. The van der Waals surface area contributed by atoms with Crippen LogP contribution in [0.15, 0.2) is 122 Å². The monoisotopic (exact) mass is 911 g/mol. The second-order valence-corrected chi connectivity index (χ2v) is 18.2. The Hall–Kier alpha value is -5.65. The molecule has 2 N–H and O–H groups in total. The molecule has 18 heteroatoms. The van der Waals surface area contributed by atoms with Crippen molar-refractivity contribution in [3.8, 4) is 17.2 Å². The summed E-state index contributed by atoms with van der Waals surface area (Å²) in [6, 6.07) is 33.7. The second-order valence-electron chi connectivity index (χ2n) is 15.7. The Morgan fingerprint density at radius 3 is 2.06 bits per heavy atom. The number of benzene rings is 4. The minimum absolute atomic E-state index is 0.0324. The van der Waals surface area contributed by atoms with E-state index in [0.717, 1.165) is 28.5 Å². The van der Waals surface area contributed by atoms with Gasteiger partial charge < -0.3 is 33.9 Å². The standard InChI is InChI=1S/C46H50N5O11PS/c1-45(2,3)44(53)64-25-24-60-63(54,55)62-37-26-40(51-30-49-41-42(47-29-48-43(41)51)50-39(52)28-58-36-14-10-7-11-15-36)61-38(37)27-59-46(31-12-8-6-9-13-31,32-16-20-34(56-4)21-17-32)33-18-22-35(57-5)23-19-33/h6-23,29-30,37-38,40H,24-28H2,1-5H3,(H,54,55)(H,47,48,50,52)/t37?,38-,40-/m1/s1. The number of anilines is 1. The molecule has 2 aromatic heterocycles. The van der Waals surface area contributed by atoms with Crippen LogP contribution in [0.3, 0.4) is 0 Å². The lowest BCUT2D eigenvalue weighted by Crippen LogP contribution is -2.38. The number of ether oxygens (including phenoxy) is 5. The van der Waals surface area contributed by atoms with Gasteiger partial charge in [-0.1, -0.05) is 105 Å². The Bertz CT molecular complexity index is 2490. The molecule has 7 rings (SSSR count). The van der Waals surface area contributed by atoms with Crippen molar-refractivity contribution >= 4 is 47.6 Å². The second kappa shape index (κ2) is 20.5. The van der Waals surface area contributed by atoms with Crippen LogP contribution in [0.2, 0.25) is 0 Å². The summed E-state index contributed by atoms with van der Waals surface area (Å²) in [7, 11) is -1.55. The van der Waals surface area contributed by atoms with Crippen molar-refractivity contribution in [2.75, 3.05) is 45.1 Å². The van der Waals surface area contributed by atoms with Crippen molar-refractivity contribution in [3.05, 3.63) is 139 Å². The average molecular weight is 912 g/mol. The van der Waals surface area contributed by atoms with Gasteiger partial charge in [0, 0.05) is 17.6 Å². The SMILES string of the molecule is COc1ccc(C(OC[C@H]2O[C@@H](n3cnc4c(NC(=O)COc5ccccc5)ncnc43)CC2OP(=O)(O)OCCSC(=O)C(C)(C)C)(c2ccccc2)c2ccc(OC)cc2)cc1. The smallest absolute Gasteiger partial charge is 0.472 e. The molecule has 336 valence electrons. The number of carbonyl (C=O) groups excluding carboxylic acids is 2. The topological polar surface area (TPSA) is 192 Å². The summed E-state index contributed by atoms with van der Waals surface area (Å²) < 4.78 is 57.0. The zero-order valence-corrected chi connectivity index (χ0v) is 37.7. The van der Waals surface area contributed by atoms with Gasteiger partial charge in [0.2, 0.25) is 0 Å². The summed E-state index contributed by atoms with van der Waals surface area (Å²) in [6.45, 7) is 4.74. The molecular weight excluding hydrogens is 862 g/mol. The molecule has 1 amide bonds. The molecule has 0 saturated carbocycles. The number of phosphoric acid groups is 1. The summed E-state index contributed by atoms with van der Waals surface area (Å²) in [5.74, 6) is 1.66. The van der Waals surface area contributed by atoms with E-state index in [-0.39, 0.29) is 48.4 Å². The molecule has 1 saturated heterocycles. The van der Waals surface area contributed by atoms with Crippen LogP contribution in [0.25, 0.3) is 11.2 Å². The molecule has 1 fully saturated rings. The highest BCUT2D eigenvalue weighted by Gasteiger charge is 2.45. The number of nitrogens with zero attached hydrogens (tertiary/aromatic N) is 4. The quantitative estimate of drug-likeness (QED) is 0.0452. The number of hydrogen-bond donors (Lipinski definition) is 2. The van der Waals surface area contributed by atoms with Gasteiger partial charge in [0.25, 0.3) is 5.91 Å². The Balaban J connectivity index is 1.19. The number of nitrogens with one attached hydrogen (secondary N) is 1. The normalized spacial score (nSPS) is 17.4. The van der Waals surface area contributed by atoms with Crippen LogP contribution in [0, 0.1) is 5.41 Å². The van der Waals surface area contributed by atoms with Gasteiger partial charge in [0.05, 0.1) is 33.8 Å². The summed E-state index contributed by atoms with van der Waals surface area (Å²) in [4.78, 5) is 49.8. The van der Waals surface area contributed by atoms with Crippen LogP contribution in [0.4, 0.5) is 5.82 Å². The van der Waals surface area contributed by atoms with E-state index in [4.69, 9.17) is 32.7 Å². The molecule has 0 bridgehead atoms.